The van der Waals surface area contributed by atoms with Crippen molar-refractivity contribution in [2.24, 2.45) is 0 Å². The van der Waals surface area contributed by atoms with Gasteiger partial charge in [0.15, 0.2) is 11.5 Å². The van der Waals surface area contributed by atoms with Crippen molar-refractivity contribution in [2.45, 2.75) is 31.7 Å². The molecule has 150 valence electrons. The molecule has 0 atom stereocenters. The largest absolute Gasteiger partial charge is 0.493 e. The molecule has 0 spiro atoms. The number of ether oxygens (including phenoxy) is 3. The Morgan fingerprint density at radius 2 is 1.82 bits per heavy atom. The van der Waals surface area contributed by atoms with Gasteiger partial charge in [-0.3, -0.25) is 4.79 Å². The van der Waals surface area contributed by atoms with Crippen LogP contribution in [0.1, 0.15) is 29.5 Å². The highest BCUT2D eigenvalue weighted by Gasteiger charge is 2.42. The number of rotatable bonds is 6. The van der Waals surface area contributed by atoms with E-state index in [4.69, 9.17) is 25.8 Å². The molecule has 1 aliphatic rings. The minimum atomic E-state index is -0.660. The summed E-state index contributed by atoms with van der Waals surface area (Å²) in [5, 5.41) is 3.80. The van der Waals surface area contributed by atoms with E-state index in [9.17, 15) is 4.79 Å². The average molecular weight is 404 g/mol. The maximum Gasteiger partial charge on any atom is 0.231 e. The predicted molar refractivity (Wildman–Crippen MR) is 109 cm³/mol. The second-order valence-corrected chi connectivity index (χ2v) is 7.44. The lowest BCUT2D eigenvalue weighted by Gasteiger charge is -2.36. The first-order valence-corrected chi connectivity index (χ1v) is 9.71. The van der Waals surface area contributed by atoms with Crippen LogP contribution in [0.3, 0.4) is 0 Å². The van der Waals surface area contributed by atoms with Crippen molar-refractivity contribution in [2.75, 3.05) is 27.4 Å². The average Bonchev–Trinajstić information content (AvgIpc) is 2.74. The molecule has 1 heterocycles. The van der Waals surface area contributed by atoms with Gasteiger partial charge in [-0.05, 0) is 54.7 Å². The van der Waals surface area contributed by atoms with Crippen molar-refractivity contribution < 1.29 is 19.0 Å². The van der Waals surface area contributed by atoms with Crippen molar-refractivity contribution in [3.05, 3.63) is 58.1 Å². The fourth-order valence-electron chi connectivity index (χ4n) is 3.60. The highest BCUT2D eigenvalue weighted by atomic mass is 35.5. The molecular formula is C22H26ClNO4. The van der Waals surface area contributed by atoms with Gasteiger partial charge in [0.2, 0.25) is 5.91 Å². The van der Waals surface area contributed by atoms with Gasteiger partial charge in [-0.25, -0.2) is 0 Å². The fourth-order valence-corrected chi connectivity index (χ4v) is 3.80. The second-order valence-electron chi connectivity index (χ2n) is 7.03. The zero-order chi connectivity index (χ0) is 20.1. The minimum absolute atomic E-state index is 0.0142. The van der Waals surface area contributed by atoms with E-state index in [0.29, 0.717) is 49.1 Å². The number of methoxy groups -OCH3 is 2. The van der Waals surface area contributed by atoms with E-state index in [1.807, 2.05) is 43.3 Å². The van der Waals surface area contributed by atoms with E-state index in [2.05, 4.69) is 5.32 Å². The molecule has 28 heavy (non-hydrogen) atoms. The topological polar surface area (TPSA) is 56.8 Å². The van der Waals surface area contributed by atoms with Crippen LogP contribution < -0.4 is 14.8 Å². The van der Waals surface area contributed by atoms with Gasteiger partial charge in [0.1, 0.15) is 0 Å². The van der Waals surface area contributed by atoms with Crippen LogP contribution in [-0.2, 0) is 21.5 Å². The summed E-state index contributed by atoms with van der Waals surface area (Å²) in [6.45, 7) is 3.46. The van der Waals surface area contributed by atoms with Gasteiger partial charge in [0.05, 0.1) is 19.6 Å². The van der Waals surface area contributed by atoms with E-state index >= 15 is 0 Å². The molecule has 3 rings (SSSR count). The summed E-state index contributed by atoms with van der Waals surface area (Å²) in [4.78, 5) is 13.3. The van der Waals surface area contributed by atoms with Crippen LogP contribution in [0.5, 0.6) is 11.5 Å². The summed E-state index contributed by atoms with van der Waals surface area (Å²) in [6.07, 6.45) is 1.23. The Kier molecular flexibility index (Phi) is 6.47. The van der Waals surface area contributed by atoms with Crippen LogP contribution in [0.2, 0.25) is 5.02 Å². The highest BCUT2D eigenvalue weighted by Crippen LogP contribution is 2.39. The molecule has 0 unspecified atom stereocenters. The van der Waals surface area contributed by atoms with Gasteiger partial charge in [-0.15, -0.1) is 0 Å². The first-order valence-electron chi connectivity index (χ1n) is 9.34. The summed E-state index contributed by atoms with van der Waals surface area (Å²) < 4.78 is 16.3. The van der Waals surface area contributed by atoms with Crippen LogP contribution in [0.25, 0.3) is 0 Å². The lowest BCUT2D eigenvalue weighted by molar-refractivity contribution is -0.130. The zero-order valence-electron chi connectivity index (χ0n) is 16.5. The van der Waals surface area contributed by atoms with Crippen LogP contribution in [0.15, 0.2) is 36.4 Å². The third-order valence-electron chi connectivity index (χ3n) is 5.41. The zero-order valence-corrected chi connectivity index (χ0v) is 17.3. The molecule has 0 radical (unpaired) electrons. The van der Waals surface area contributed by atoms with Gasteiger partial charge in [-0.1, -0.05) is 29.8 Å². The summed E-state index contributed by atoms with van der Waals surface area (Å²) in [5.74, 6) is 1.24. The molecule has 2 aromatic carbocycles. The highest BCUT2D eigenvalue weighted by molar-refractivity contribution is 6.31. The van der Waals surface area contributed by atoms with E-state index in [1.54, 1.807) is 14.2 Å². The molecule has 1 aliphatic heterocycles. The Morgan fingerprint density at radius 1 is 1.11 bits per heavy atom. The summed E-state index contributed by atoms with van der Waals surface area (Å²) >= 11 is 6.21. The molecule has 5 nitrogen and oxygen atoms in total. The number of hydrogen-bond acceptors (Lipinski definition) is 4. The van der Waals surface area contributed by atoms with Crippen LogP contribution in [0.4, 0.5) is 0 Å². The van der Waals surface area contributed by atoms with Crippen molar-refractivity contribution >= 4 is 17.5 Å². The maximum atomic E-state index is 13.3. The van der Waals surface area contributed by atoms with Gasteiger partial charge in [0, 0.05) is 24.8 Å². The van der Waals surface area contributed by atoms with Gasteiger partial charge < -0.3 is 19.5 Å². The smallest absolute Gasteiger partial charge is 0.231 e. The number of benzene rings is 2. The Bertz CT molecular complexity index is 846. The summed E-state index contributed by atoms with van der Waals surface area (Å²) in [5.41, 5.74) is 2.24. The molecule has 1 fully saturated rings. The molecule has 1 N–H and O–H groups in total. The molecule has 0 bridgehead atoms. The fraction of sp³-hybridized carbons (Fsp3) is 0.409. The maximum absolute atomic E-state index is 13.3. The lowest BCUT2D eigenvalue weighted by atomic mass is 9.73. The van der Waals surface area contributed by atoms with Gasteiger partial charge >= 0.3 is 0 Å². The van der Waals surface area contributed by atoms with Crippen molar-refractivity contribution in [3.63, 3.8) is 0 Å². The number of carbonyl (C=O) groups excluding carboxylic acids is 1. The Labute approximate surface area is 170 Å². The van der Waals surface area contributed by atoms with Crippen LogP contribution in [0, 0.1) is 6.92 Å². The van der Waals surface area contributed by atoms with E-state index in [1.165, 1.54) is 0 Å². The molecule has 0 saturated carbocycles. The van der Waals surface area contributed by atoms with Crippen LogP contribution >= 0.6 is 11.6 Å². The molecule has 6 heteroatoms. The molecular weight excluding hydrogens is 378 g/mol. The molecule has 2 aromatic rings. The van der Waals surface area contributed by atoms with E-state index < -0.39 is 5.41 Å². The quantitative estimate of drug-likeness (QED) is 0.791. The molecule has 1 saturated heterocycles. The predicted octanol–water partition coefficient (Wildman–Crippen LogP) is 4.03. The number of nitrogens with one attached hydrogen (secondary N) is 1. The summed E-state index contributed by atoms with van der Waals surface area (Å²) in [6, 6.07) is 11.5. The Balaban J connectivity index is 1.86. The monoisotopic (exact) mass is 403 g/mol. The van der Waals surface area contributed by atoms with Gasteiger partial charge in [-0.2, -0.15) is 0 Å². The van der Waals surface area contributed by atoms with Gasteiger partial charge in [0.25, 0.3) is 0 Å². The van der Waals surface area contributed by atoms with E-state index in [-0.39, 0.29) is 5.91 Å². The lowest BCUT2D eigenvalue weighted by Crippen LogP contribution is -2.47. The molecule has 0 aliphatic carbocycles. The molecule has 1 amide bonds. The number of aryl methyl sites for hydroxylation is 1. The minimum Gasteiger partial charge on any atom is -0.493 e. The van der Waals surface area contributed by atoms with Crippen molar-refractivity contribution in [3.8, 4) is 11.5 Å². The first-order chi connectivity index (χ1) is 13.5. The SMILES string of the molecule is COc1ccc(C2(C(=O)NCc3ccc(C)c(Cl)c3)CCOCC2)cc1OC. The van der Waals surface area contributed by atoms with Crippen molar-refractivity contribution in [1.29, 1.82) is 0 Å². The third-order valence-corrected chi connectivity index (χ3v) is 5.81. The summed E-state index contributed by atoms with van der Waals surface area (Å²) in [7, 11) is 3.20. The molecule has 0 aromatic heterocycles. The third kappa shape index (κ3) is 4.10. The Hall–Kier alpha value is -2.24. The standard InChI is InChI=1S/C22H26ClNO4/c1-15-4-5-16(12-18(15)23)14-24-21(25)22(8-10-28-11-9-22)17-6-7-19(26-2)20(13-17)27-3/h4-7,12-13H,8-11,14H2,1-3H3,(H,24,25). The van der Waals surface area contributed by atoms with Crippen molar-refractivity contribution in [1.82, 2.24) is 5.32 Å². The van der Waals surface area contributed by atoms with E-state index in [0.717, 1.165) is 16.7 Å². The first kappa shape index (κ1) is 20.5. The second kappa shape index (κ2) is 8.84. The number of hydrogen-bond donors (Lipinski definition) is 1. The van der Waals surface area contributed by atoms with Crippen LogP contribution in [-0.4, -0.2) is 33.3 Å². The number of halogens is 1. The number of carbonyl (C=O) groups is 1. The Morgan fingerprint density at radius 3 is 2.46 bits per heavy atom. The number of amides is 1. The normalized spacial score (nSPS) is 15.7.